The molecule has 4 aromatic rings. The minimum Gasteiger partial charge on any atom is -0.361 e. The van der Waals surface area contributed by atoms with Gasteiger partial charge < -0.3 is 20.1 Å². The molecule has 0 unspecified atom stereocenters. The van der Waals surface area contributed by atoms with Crippen LogP contribution in [-0.2, 0) is 17.8 Å². The van der Waals surface area contributed by atoms with Crippen LogP contribution in [0.5, 0.6) is 0 Å². The highest BCUT2D eigenvalue weighted by Gasteiger charge is 2.35. The second-order valence-electron chi connectivity index (χ2n) is 9.33. The highest BCUT2D eigenvalue weighted by Crippen LogP contribution is 2.29. The number of aromatic nitrogens is 1. The van der Waals surface area contributed by atoms with Gasteiger partial charge in [-0.2, -0.15) is 0 Å². The molecule has 1 saturated carbocycles. The lowest BCUT2D eigenvalue weighted by atomic mass is 10.1. The molecule has 5 rings (SSSR count). The maximum absolute atomic E-state index is 13.6. The zero-order valence-electron chi connectivity index (χ0n) is 20.3. The summed E-state index contributed by atoms with van der Waals surface area (Å²) < 4.78 is 0. The zero-order chi connectivity index (χ0) is 25.8. The molecule has 0 atom stereocenters. The van der Waals surface area contributed by atoms with Gasteiger partial charge >= 0.3 is 6.03 Å². The predicted octanol–water partition coefficient (Wildman–Crippen LogP) is 6.74. The molecule has 190 valence electrons. The van der Waals surface area contributed by atoms with E-state index in [-0.39, 0.29) is 24.5 Å². The third kappa shape index (κ3) is 6.27. The van der Waals surface area contributed by atoms with Gasteiger partial charge in [-0.05, 0) is 54.7 Å². The van der Waals surface area contributed by atoms with Crippen molar-refractivity contribution in [3.8, 4) is 0 Å². The number of para-hydroxylation sites is 1. The van der Waals surface area contributed by atoms with Crippen molar-refractivity contribution in [2.75, 3.05) is 18.4 Å². The molecule has 0 radical (unpaired) electrons. The number of hydrogen-bond acceptors (Lipinski definition) is 2. The number of anilines is 1. The normalized spacial score (nSPS) is 12.9. The molecule has 1 fully saturated rings. The van der Waals surface area contributed by atoms with Crippen molar-refractivity contribution in [1.82, 2.24) is 14.8 Å². The van der Waals surface area contributed by atoms with E-state index in [0.29, 0.717) is 35.2 Å². The number of amides is 3. The van der Waals surface area contributed by atoms with Gasteiger partial charge in [-0.15, -0.1) is 0 Å². The first kappa shape index (κ1) is 25.2. The first-order valence-electron chi connectivity index (χ1n) is 12.4. The number of carbonyl (C=O) groups excluding carboxylic acids is 2. The first-order chi connectivity index (χ1) is 18.0. The van der Waals surface area contributed by atoms with Crippen molar-refractivity contribution in [3.63, 3.8) is 0 Å². The molecule has 1 heterocycles. The molecular formula is C29H28Cl2N4O2. The van der Waals surface area contributed by atoms with Crippen LogP contribution in [0.1, 0.15) is 24.0 Å². The van der Waals surface area contributed by atoms with Gasteiger partial charge in [0.2, 0.25) is 5.91 Å². The van der Waals surface area contributed by atoms with E-state index in [1.165, 1.54) is 0 Å². The molecule has 0 bridgehead atoms. The van der Waals surface area contributed by atoms with Crippen LogP contribution >= 0.6 is 23.2 Å². The third-order valence-electron chi connectivity index (χ3n) is 6.62. The number of aromatic amines is 1. The Morgan fingerprint density at radius 2 is 1.70 bits per heavy atom. The SMILES string of the molecule is O=C(CN(C(=O)Nc1ccc(Cl)c(Cl)c1)C1CC1)N(CCc1c[nH]c2ccccc12)Cc1ccccc1. The van der Waals surface area contributed by atoms with Gasteiger partial charge in [0.15, 0.2) is 0 Å². The molecule has 1 aliphatic rings. The summed E-state index contributed by atoms with van der Waals surface area (Å²) >= 11 is 12.1. The van der Waals surface area contributed by atoms with E-state index in [1.807, 2.05) is 59.6 Å². The molecule has 1 aliphatic carbocycles. The largest absolute Gasteiger partial charge is 0.361 e. The summed E-state index contributed by atoms with van der Waals surface area (Å²) in [6, 6.07) is 22.8. The van der Waals surface area contributed by atoms with Crippen LogP contribution in [0.4, 0.5) is 10.5 Å². The van der Waals surface area contributed by atoms with Crippen molar-refractivity contribution in [3.05, 3.63) is 100 Å². The van der Waals surface area contributed by atoms with Crippen molar-refractivity contribution in [2.45, 2.75) is 31.8 Å². The van der Waals surface area contributed by atoms with Crippen LogP contribution in [0, 0.1) is 0 Å². The van der Waals surface area contributed by atoms with Gasteiger partial charge in [0.1, 0.15) is 6.54 Å². The van der Waals surface area contributed by atoms with E-state index >= 15 is 0 Å². The lowest BCUT2D eigenvalue weighted by Crippen LogP contribution is -2.45. The van der Waals surface area contributed by atoms with E-state index < -0.39 is 0 Å². The lowest BCUT2D eigenvalue weighted by molar-refractivity contribution is -0.132. The smallest absolute Gasteiger partial charge is 0.322 e. The topological polar surface area (TPSA) is 68.4 Å². The van der Waals surface area contributed by atoms with Crippen LogP contribution in [-0.4, -0.2) is 45.9 Å². The number of H-pyrrole nitrogens is 1. The Hall–Kier alpha value is -3.48. The van der Waals surface area contributed by atoms with Gasteiger partial charge in [-0.25, -0.2) is 4.79 Å². The van der Waals surface area contributed by atoms with Crippen LogP contribution in [0.15, 0.2) is 79.0 Å². The molecule has 3 aromatic carbocycles. The van der Waals surface area contributed by atoms with Crippen molar-refractivity contribution >= 4 is 51.7 Å². The minimum absolute atomic E-state index is 0.0124. The Morgan fingerprint density at radius 3 is 2.46 bits per heavy atom. The van der Waals surface area contributed by atoms with E-state index in [4.69, 9.17) is 23.2 Å². The zero-order valence-corrected chi connectivity index (χ0v) is 21.8. The van der Waals surface area contributed by atoms with Gasteiger partial charge in [-0.3, -0.25) is 4.79 Å². The summed E-state index contributed by atoms with van der Waals surface area (Å²) in [6.45, 7) is 1.04. The van der Waals surface area contributed by atoms with Crippen LogP contribution in [0.2, 0.25) is 10.0 Å². The maximum atomic E-state index is 13.6. The molecule has 0 aliphatic heterocycles. The molecule has 8 heteroatoms. The van der Waals surface area contributed by atoms with E-state index in [1.54, 1.807) is 23.1 Å². The Bertz CT molecular complexity index is 1400. The number of fused-ring (bicyclic) bond motifs is 1. The molecule has 37 heavy (non-hydrogen) atoms. The number of carbonyl (C=O) groups is 2. The van der Waals surface area contributed by atoms with Crippen LogP contribution in [0.3, 0.4) is 0 Å². The Balaban J connectivity index is 1.31. The summed E-state index contributed by atoms with van der Waals surface area (Å²) in [7, 11) is 0. The number of nitrogens with zero attached hydrogens (tertiary/aromatic N) is 2. The lowest BCUT2D eigenvalue weighted by Gasteiger charge is -2.28. The number of rotatable bonds is 9. The van der Waals surface area contributed by atoms with Crippen LogP contribution < -0.4 is 5.32 Å². The van der Waals surface area contributed by atoms with E-state index in [0.717, 1.165) is 34.9 Å². The minimum atomic E-state index is -0.314. The fourth-order valence-corrected chi connectivity index (χ4v) is 4.76. The molecule has 1 aromatic heterocycles. The average Bonchev–Trinajstić information content (AvgIpc) is 3.67. The van der Waals surface area contributed by atoms with Gasteiger partial charge in [0.05, 0.1) is 10.0 Å². The Morgan fingerprint density at radius 1 is 0.946 bits per heavy atom. The maximum Gasteiger partial charge on any atom is 0.322 e. The summed E-state index contributed by atoms with van der Waals surface area (Å²) in [5.41, 5.74) is 3.83. The number of urea groups is 1. The van der Waals surface area contributed by atoms with Crippen molar-refractivity contribution in [2.24, 2.45) is 0 Å². The Kier molecular flexibility index (Phi) is 7.68. The molecule has 2 N–H and O–H groups in total. The summed E-state index contributed by atoms with van der Waals surface area (Å²) in [5, 5.41) is 4.81. The molecule has 3 amide bonds. The fraction of sp³-hybridized carbons (Fsp3) is 0.241. The molecule has 0 spiro atoms. The third-order valence-corrected chi connectivity index (χ3v) is 7.36. The average molecular weight is 535 g/mol. The number of benzene rings is 3. The van der Waals surface area contributed by atoms with Crippen molar-refractivity contribution < 1.29 is 9.59 Å². The highest BCUT2D eigenvalue weighted by molar-refractivity contribution is 6.42. The molecule has 6 nitrogen and oxygen atoms in total. The summed E-state index contributed by atoms with van der Waals surface area (Å²) in [5.74, 6) is -0.0834. The number of nitrogens with one attached hydrogen (secondary N) is 2. The fourth-order valence-electron chi connectivity index (χ4n) is 4.46. The quantitative estimate of drug-likeness (QED) is 0.249. The van der Waals surface area contributed by atoms with Gasteiger partial charge in [-0.1, -0.05) is 71.7 Å². The molecule has 0 saturated heterocycles. The van der Waals surface area contributed by atoms with Crippen LogP contribution in [0.25, 0.3) is 10.9 Å². The second-order valence-corrected chi connectivity index (χ2v) is 10.1. The number of halogens is 2. The van der Waals surface area contributed by atoms with Gasteiger partial charge in [0.25, 0.3) is 0 Å². The second kappa shape index (κ2) is 11.3. The van der Waals surface area contributed by atoms with E-state index in [9.17, 15) is 9.59 Å². The van der Waals surface area contributed by atoms with E-state index in [2.05, 4.69) is 16.4 Å². The Labute approximate surface area is 226 Å². The number of hydrogen-bond donors (Lipinski definition) is 2. The summed E-state index contributed by atoms with van der Waals surface area (Å²) in [4.78, 5) is 33.6. The van der Waals surface area contributed by atoms with Crippen molar-refractivity contribution in [1.29, 1.82) is 0 Å². The predicted molar refractivity (Wildman–Crippen MR) is 149 cm³/mol. The standard InChI is InChI=1S/C29H28Cl2N4O2/c30-25-13-10-22(16-26(25)31)33-29(37)35(23-11-12-23)19-28(36)34(18-20-6-2-1-3-7-20)15-14-21-17-32-27-9-5-4-8-24(21)27/h1-10,13,16-17,23,32H,11-12,14-15,18-19H2,(H,33,37). The monoisotopic (exact) mass is 534 g/mol. The molecular weight excluding hydrogens is 507 g/mol. The first-order valence-corrected chi connectivity index (χ1v) is 13.1. The summed E-state index contributed by atoms with van der Waals surface area (Å²) in [6.07, 6.45) is 4.49. The highest BCUT2D eigenvalue weighted by atomic mass is 35.5. The van der Waals surface area contributed by atoms with Gasteiger partial charge in [0, 0.05) is 41.9 Å².